The molecule has 6 nitrogen and oxygen atoms in total. The molecule has 2 rings (SSSR count). The lowest BCUT2D eigenvalue weighted by atomic mass is 10.1. The SMILES string of the molecule is COC(=O)c1ccccc1C=NN=C1NC(=O)CS1. The van der Waals surface area contributed by atoms with Gasteiger partial charge in [-0.25, -0.2) is 4.79 Å². The Balaban J connectivity index is 2.15. The number of amidine groups is 1. The van der Waals surface area contributed by atoms with Crippen LogP contribution < -0.4 is 5.32 Å². The molecule has 0 spiro atoms. The van der Waals surface area contributed by atoms with E-state index in [-0.39, 0.29) is 5.91 Å². The van der Waals surface area contributed by atoms with E-state index in [1.54, 1.807) is 24.3 Å². The molecule has 1 N–H and O–H groups in total. The number of amides is 1. The highest BCUT2D eigenvalue weighted by Crippen LogP contribution is 2.10. The molecule has 98 valence electrons. The number of rotatable bonds is 3. The number of hydrogen-bond acceptors (Lipinski definition) is 6. The average molecular weight is 277 g/mol. The summed E-state index contributed by atoms with van der Waals surface area (Å²) < 4.78 is 4.67. The molecule has 1 saturated heterocycles. The molecule has 1 fully saturated rings. The van der Waals surface area contributed by atoms with E-state index < -0.39 is 5.97 Å². The Bertz CT molecular complexity index is 569. The lowest BCUT2D eigenvalue weighted by Gasteiger charge is -2.01. The molecule has 0 aromatic heterocycles. The molecule has 1 heterocycles. The van der Waals surface area contributed by atoms with Crippen LogP contribution in [0.25, 0.3) is 0 Å². The molecule has 7 heteroatoms. The molecule has 19 heavy (non-hydrogen) atoms. The van der Waals surface area contributed by atoms with Gasteiger partial charge in [-0.3, -0.25) is 4.79 Å². The summed E-state index contributed by atoms with van der Waals surface area (Å²) >= 11 is 1.28. The van der Waals surface area contributed by atoms with E-state index in [1.165, 1.54) is 25.1 Å². The molecule has 1 aromatic rings. The summed E-state index contributed by atoms with van der Waals surface area (Å²) in [5, 5.41) is 10.7. The summed E-state index contributed by atoms with van der Waals surface area (Å²) in [6, 6.07) is 6.90. The first-order valence-corrected chi connectivity index (χ1v) is 6.40. The van der Waals surface area contributed by atoms with E-state index >= 15 is 0 Å². The maximum atomic E-state index is 11.5. The molecule has 0 unspecified atom stereocenters. The molecule has 0 aliphatic carbocycles. The van der Waals surface area contributed by atoms with Crippen molar-refractivity contribution in [1.82, 2.24) is 5.32 Å². The molecule has 1 aliphatic heterocycles. The zero-order valence-electron chi connectivity index (χ0n) is 10.1. The molecule has 1 aliphatic rings. The monoisotopic (exact) mass is 277 g/mol. The van der Waals surface area contributed by atoms with E-state index in [0.29, 0.717) is 22.0 Å². The smallest absolute Gasteiger partial charge is 0.338 e. The van der Waals surface area contributed by atoms with Gasteiger partial charge in [0.05, 0.1) is 24.6 Å². The number of carbonyl (C=O) groups excluding carboxylic acids is 2. The second kappa shape index (κ2) is 6.14. The number of benzene rings is 1. The third kappa shape index (κ3) is 3.41. The van der Waals surface area contributed by atoms with Crippen molar-refractivity contribution in [3.63, 3.8) is 0 Å². The van der Waals surface area contributed by atoms with Crippen molar-refractivity contribution in [2.75, 3.05) is 12.9 Å². The first kappa shape index (κ1) is 13.3. The minimum Gasteiger partial charge on any atom is -0.465 e. The van der Waals surface area contributed by atoms with Gasteiger partial charge in [-0.1, -0.05) is 30.0 Å². The van der Waals surface area contributed by atoms with E-state index in [0.717, 1.165) is 0 Å². The lowest BCUT2D eigenvalue weighted by molar-refractivity contribution is -0.116. The van der Waals surface area contributed by atoms with Gasteiger partial charge in [0, 0.05) is 5.56 Å². The summed E-state index contributed by atoms with van der Waals surface area (Å²) in [5.41, 5.74) is 1.02. The van der Waals surface area contributed by atoms with Crippen LogP contribution >= 0.6 is 11.8 Å². The maximum Gasteiger partial charge on any atom is 0.338 e. The number of thioether (sulfide) groups is 1. The van der Waals surface area contributed by atoms with Crippen LogP contribution in [0.1, 0.15) is 15.9 Å². The normalized spacial score (nSPS) is 16.9. The molecule has 0 radical (unpaired) electrons. The van der Waals surface area contributed by atoms with Gasteiger partial charge in [0.1, 0.15) is 0 Å². The summed E-state index contributed by atoms with van der Waals surface area (Å²) in [6.07, 6.45) is 1.45. The minimum absolute atomic E-state index is 0.0890. The standard InChI is InChI=1S/C12H11N3O3S/c1-18-11(17)9-5-3-2-4-8(9)6-13-15-12-14-10(16)7-19-12/h2-6H,7H2,1H3,(H,14,15,16). The fraction of sp³-hybridized carbons (Fsp3) is 0.167. The molecule has 0 bridgehead atoms. The number of nitrogens with zero attached hydrogens (tertiary/aromatic N) is 2. The topological polar surface area (TPSA) is 80.1 Å². The zero-order chi connectivity index (χ0) is 13.7. The second-order valence-electron chi connectivity index (χ2n) is 3.57. The van der Waals surface area contributed by atoms with Gasteiger partial charge >= 0.3 is 5.97 Å². The van der Waals surface area contributed by atoms with Crippen LogP contribution in [0.2, 0.25) is 0 Å². The summed E-state index contributed by atoms with van der Waals surface area (Å²) in [6.45, 7) is 0. The number of hydrogen-bond donors (Lipinski definition) is 1. The molecule has 1 aromatic carbocycles. The van der Waals surface area contributed by atoms with Crippen LogP contribution in [0.3, 0.4) is 0 Å². The number of esters is 1. The van der Waals surface area contributed by atoms with Crippen molar-refractivity contribution < 1.29 is 14.3 Å². The van der Waals surface area contributed by atoms with Gasteiger partial charge in [-0.2, -0.15) is 5.10 Å². The largest absolute Gasteiger partial charge is 0.465 e. The van der Waals surface area contributed by atoms with Gasteiger partial charge in [-0.05, 0) is 6.07 Å². The third-order valence-electron chi connectivity index (χ3n) is 2.30. The maximum absolute atomic E-state index is 11.5. The molecule has 1 amide bonds. The fourth-order valence-electron chi connectivity index (χ4n) is 1.43. The third-order valence-corrected chi connectivity index (χ3v) is 3.16. The van der Waals surface area contributed by atoms with E-state index in [9.17, 15) is 9.59 Å². The number of methoxy groups -OCH3 is 1. The number of carbonyl (C=O) groups is 2. The van der Waals surface area contributed by atoms with E-state index in [2.05, 4.69) is 20.3 Å². The Morgan fingerprint density at radius 2 is 2.26 bits per heavy atom. The number of nitrogens with one attached hydrogen (secondary N) is 1. The lowest BCUT2D eigenvalue weighted by Crippen LogP contribution is -2.19. The molecule has 0 saturated carbocycles. The zero-order valence-corrected chi connectivity index (χ0v) is 10.9. The van der Waals surface area contributed by atoms with Crippen molar-refractivity contribution in [3.8, 4) is 0 Å². The second-order valence-corrected chi connectivity index (χ2v) is 4.53. The summed E-state index contributed by atoms with van der Waals surface area (Å²) in [5.74, 6) is -0.167. The first-order chi connectivity index (χ1) is 9.20. The van der Waals surface area contributed by atoms with Gasteiger partial charge in [0.15, 0.2) is 5.17 Å². The van der Waals surface area contributed by atoms with Crippen molar-refractivity contribution in [1.29, 1.82) is 0 Å². The molecular weight excluding hydrogens is 266 g/mol. The van der Waals surface area contributed by atoms with E-state index in [1.807, 2.05) is 0 Å². The Kier molecular flexibility index (Phi) is 4.30. The molecular formula is C12H11N3O3S. The van der Waals surface area contributed by atoms with Crippen molar-refractivity contribution >= 4 is 35.0 Å². The summed E-state index contributed by atoms with van der Waals surface area (Å²) in [4.78, 5) is 22.5. The van der Waals surface area contributed by atoms with Gasteiger partial charge < -0.3 is 10.1 Å². The Morgan fingerprint density at radius 3 is 2.95 bits per heavy atom. The predicted molar refractivity (Wildman–Crippen MR) is 73.4 cm³/mol. The van der Waals surface area contributed by atoms with Gasteiger partial charge in [0.2, 0.25) is 5.91 Å². The quantitative estimate of drug-likeness (QED) is 0.508. The predicted octanol–water partition coefficient (Wildman–Crippen LogP) is 1.03. The fourth-order valence-corrected chi connectivity index (χ4v) is 2.06. The van der Waals surface area contributed by atoms with E-state index in [4.69, 9.17) is 0 Å². The van der Waals surface area contributed by atoms with Crippen LogP contribution in [-0.4, -0.2) is 36.1 Å². The minimum atomic E-state index is -0.432. The molecule has 0 atom stereocenters. The van der Waals surface area contributed by atoms with Crippen LogP contribution in [0.4, 0.5) is 0 Å². The Hall–Kier alpha value is -2.15. The van der Waals surface area contributed by atoms with Crippen molar-refractivity contribution in [3.05, 3.63) is 35.4 Å². The number of ether oxygens (including phenoxy) is 1. The van der Waals surface area contributed by atoms with Gasteiger partial charge in [0.25, 0.3) is 0 Å². The first-order valence-electron chi connectivity index (χ1n) is 5.41. The van der Waals surface area contributed by atoms with Crippen LogP contribution in [0.15, 0.2) is 34.5 Å². The van der Waals surface area contributed by atoms with Crippen molar-refractivity contribution in [2.45, 2.75) is 0 Å². The summed E-state index contributed by atoms with van der Waals surface area (Å²) in [7, 11) is 1.32. The average Bonchev–Trinajstić information content (AvgIpc) is 2.84. The van der Waals surface area contributed by atoms with Crippen LogP contribution in [0, 0.1) is 0 Å². The van der Waals surface area contributed by atoms with Gasteiger partial charge in [-0.15, -0.1) is 5.10 Å². The highest BCUT2D eigenvalue weighted by Gasteiger charge is 2.16. The van der Waals surface area contributed by atoms with Crippen LogP contribution in [0.5, 0.6) is 0 Å². The Labute approximate surface area is 113 Å². The Morgan fingerprint density at radius 1 is 1.47 bits per heavy atom. The highest BCUT2D eigenvalue weighted by molar-refractivity contribution is 8.15. The van der Waals surface area contributed by atoms with Crippen molar-refractivity contribution in [2.24, 2.45) is 10.2 Å². The van der Waals surface area contributed by atoms with Crippen LogP contribution in [-0.2, 0) is 9.53 Å². The highest BCUT2D eigenvalue weighted by atomic mass is 32.2.